The topological polar surface area (TPSA) is 86.7 Å². The number of rotatable bonds is 6. The molecule has 0 heterocycles. The molecule has 2 aliphatic carbocycles. The molecule has 6 heteroatoms. The molecule has 0 radical (unpaired) electrons. The van der Waals surface area contributed by atoms with E-state index in [1.807, 2.05) is 0 Å². The Labute approximate surface area is 163 Å². The predicted octanol–water partition coefficient (Wildman–Crippen LogP) is 3.36. The number of hydrogen-bond acceptors (Lipinski definition) is 6. The van der Waals surface area contributed by atoms with Crippen LogP contribution in [-0.4, -0.2) is 36.2 Å². The molecule has 1 atom stereocenters. The average Bonchev–Trinajstić information content (AvgIpc) is 2.75. The van der Waals surface area contributed by atoms with E-state index in [1.54, 1.807) is 6.08 Å². The molecule has 28 heavy (non-hydrogen) atoms. The molecule has 0 spiro atoms. The maximum Gasteiger partial charge on any atom is 0.339 e. The summed E-state index contributed by atoms with van der Waals surface area (Å²) >= 11 is 0. The molecule has 1 fully saturated rings. The van der Waals surface area contributed by atoms with Gasteiger partial charge in [-0.2, -0.15) is 0 Å². The molecule has 6 nitrogen and oxygen atoms in total. The summed E-state index contributed by atoms with van der Waals surface area (Å²) in [6.45, 7) is 0. The summed E-state index contributed by atoms with van der Waals surface area (Å²) < 4.78 is 10.9. The lowest BCUT2D eigenvalue weighted by atomic mass is 9.92. The summed E-state index contributed by atoms with van der Waals surface area (Å²) in [5, 5.41) is 0. The summed E-state index contributed by atoms with van der Waals surface area (Å²) in [6, 6.07) is 5.90. The Kier molecular flexibility index (Phi) is 6.19. The summed E-state index contributed by atoms with van der Waals surface area (Å²) in [4.78, 5) is 47.0. The zero-order valence-corrected chi connectivity index (χ0v) is 15.5. The van der Waals surface area contributed by atoms with Crippen molar-refractivity contribution in [1.82, 2.24) is 0 Å². The van der Waals surface area contributed by atoms with Crippen LogP contribution in [0.1, 0.15) is 59.2 Å². The lowest BCUT2D eigenvalue weighted by Crippen LogP contribution is -2.36. The Bertz CT molecular complexity index is 814. The van der Waals surface area contributed by atoms with Crippen LogP contribution >= 0.6 is 0 Å². The molecule has 2 aliphatic rings. The van der Waals surface area contributed by atoms with E-state index in [0.29, 0.717) is 23.7 Å². The van der Waals surface area contributed by atoms with Crippen LogP contribution in [0.3, 0.4) is 0 Å². The minimum atomic E-state index is -1.46. The molecular weight excluding hydrogens is 360 g/mol. The summed E-state index contributed by atoms with van der Waals surface area (Å²) in [6.07, 6.45) is 10.7. The second-order valence-corrected chi connectivity index (χ2v) is 7.06. The van der Waals surface area contributed by atoms with Crippen LogP contribution in [0.2, 0.25) is 0 Å². The van der Waals surface area contributed by atoms with E-state index in [4.69, 9.17) is 9.47 Å². The van der Waals surface area contributed by atoms with Crippen molar-refractivity contribution in [3.8, 4) is 0 Å². The number of carbonyl (C=O) groups is 4. The van der Waals surface area contributed by atoms with Gasteiger partial charge in [-0.1, -0.05) is 24.6 Å². The smallest absolute Gasteiger partial charge is 0.339 e. The van der Waals surface area contributed by atoms with Crippen molar-refractivity contribution >= 4 is 24.5 Å². The lowest BCUT2D eigenvalue weighted by molar-refractivity contribution is -0.145. The molecule has 0 aliphatic heterocycles. The van der Waals surface area contributed by atoms with E-state index < -0.39 is 17.5 Å². The number of aldehydes is 2. The molecule has 1 aromatic carbocycles. The van der Waals surface area contributed by atoms with Crippen LogP contribution in [0.25, 0.3) is 0 Å². The molecule has 1 unspecified atom stereocenters. The number of benzene rings is 1. The highest BCUT2D eigenvalue weighted by Gasteiger charge is 2.34. The summed E-state index contributed by atoms with van der Waals surface area (Å²) in [7, 11) is 0. The highest BCUT2D eigenvalue weighted by atomic mass is 16.6. The van der Waals surface area contributed by atoms with Gasteiger partial charge in [0, 0.05) is 12.0 Å². The van der Waals surface area contributed by atoms with E-state index in [-0.39, 0.29) is 18.1 Å². The molecule has 0 aromatic heterocycles. The van der Waals surface area contributed by atoms with Gasteiger partial charge >= 0.3 is 11.9 Å². The van der Waals surface area contributed by atoms with Crippen molar-refractivity contribution in [1.29, 1.82) is 0 Å². The van der Waals surface area contributed by atoms with Gasteiger partial charge in [-0.05, 0) is 50.0 Å². The maximum atomic E-state index is 12.3. The first-order chi connectivity index (χ1) is 13.5. The molecule has 146 valence electrons. The van der Waals surface area contributed by atoms with Gasteiger partial charge in [0.1, 0.15) is 12.4 Å². The molecule has 0 N–H and O–H groups in total. The zero-order chi connectivity index (χ0) is 20.0. The van der Waals surface area contributed by atoms with Crippen LogP contribution in [0, 0.1) is 0 Å². The van der Waals surface area contributed by atoms with E-state index in [9.17, 15) is 19.2 Å². The standard InChI is InChI=1S/C22H22O6/c23-14-16-6-8-17(9-7-16)21(26)28-22(15-24)12-10-18(11-13-22)20(25)27-19-4-2-1-3-5-19/h6-12,14-15,19H,1-5,13H2. The van der Waals surface area contributed by atoms with Gasteiger partial charge in [0.05, 0.1) is 11.1 Å². The Morgan fingerprint density at radius 2 is 1.71 bits per heavy atom. The quantitative estimate of drug-likeness (QED) is 0.554. The Morgan fingerprint density at radius 3 is 2.29 bits per heavy atom. The van der Waals surface area contributed by atoms with E-state index in [1.165, 1.54) is 42.8 Å². The van der Waals surface area contributed by atoms with Gasteiger partial charge in [0.15, 0.2) is 11.9 Å². The fraction of sp³-hybridized carbons (Fsp3) is 0.364. The van der Waals surface area contributed by atoms with Gasteiger partial charge in [0.25, 0.3) is 0 Å². The lowest BCUT2D eigenvalue weighted by Gasteiger charge is -2.27. The van der Waals surface area contributed by atoms with E-state index >= 15 is 0 Å². The van der Waals surface area contributed by atoms with E-state index in [2.05, 4.69) is 0 Å². The maximum absolute atomic E-state index is 12.3. The van der Waals surface area contributed by atoms with Crippen LogP contribution in [-0.2, 0) is 19.1 Å². The second-order valence-electron chi connectivity index (χ2n) is 7.06. The van der Waals surface area contributed by atoms with Crippen molar-refractivity contribution in [2.75, 3.05) is 0 Å². The first-order valence-corrected chi connectivity index (χ1v) is 9.40. The second kappa shape index (κ2) is 8.78. The van der Waals surface area contributed by atoms with Crippen LogP contribution in [0.15, 0.2) is 48.1 Å². The monoisotopic (exact) mass is 382 g/mol. The van der Waals surface area contributed by atoms with Crippen molar-refractivity contribution in [2.45, 2.75) is 50.2 Å². The third-order valence-corrected chi connectivity index (χ3v) is 5.01. The number of carbonyl (C=O) groups excluding carboxylic acids is 4. The fourth-order valence-electron chi connectivity index (χ4n) is 3.31. The molecule has 1 saturated carbocycles. The van der Waals surface area contributed by atoms with Gasteiger partial charge in [-0.3, -0.25) is 9.59 Å². The largest absolute Gasteiger partial charge is 0.459 e. The Morgan fingerprint density at radius 1 is 1.00 bits per heavy atom. The molecule has 3 rings (SSSR count). The summed E-state index contributed by atoms with van der Waals surface area (Å²) in [5.41, 5.74) is -0.445. The summed E-state index contributed by atoms with van der Waals surface area (Å²) in [5.74, 6) is -1.10. The molecule has 0 bridgehead atoms. The molecule has 0 amide bonds. The molecule has 0 saturated heterocycles. The van der Waals surface area contributed by atoms with Gasteiger partial charge < -0.3 is 9.47 Å². The van der Waals surface area contributed by atoms with Gasteiger partial charge in [-0.15, -0.1) is 0 Å². The fourth-order valence-corrected chi connectivity index (χ4v) is 3.31. The molecular formula is C22H22O6. The highest BCUT2D eigenvalue weighted by molar-refractivity contribution is 5.94. The van der Waals surface area contributed by atoms with Gasteiger partial charge in [-0.25, -0.2) is 9.59 Å². The van der Waals surface area contributed by atoms with Crippen LogP contribution in [0.4, 0.5) is 0 Å². The normalized spacial score (nSPS) is 22.1. The van der Waals surface area contributed by atoms with Crippen molar-refractivity contribution in [3.63, 3.8) is 0 Å². The van der Waals surface area contributed by atoms with Gasteiger partial charge in [0.2, 0.25) is 0 Å². The number of hydrogen-bond donors (Lipinski definition) is 0. The third-order valence-electron chi connectivity index (χ3n) is 5.01. The van der Waals surface area contributed by atoms with Crippen molar-refractivity contribution < 1.29 is 28.7 Å². The highest BCUT2D eigenvalue weighted by Crippen LogP contribution is 2.27. The van der Waals surface area contributed by atoms with E-state index in [0.717, 1.165) is 25.7 Å². The number of esters is 2. The van der Waals surface area contributed by atoms with Crippen LogP contribution < -0.4 is 0 Å². The first kappa shape index (κ1) is 19.7. The SMILES string of the molecule is O=Cc1ccc(C(=O)OC2(C=O)C=CC(C(=O)OC3CCCCC3)=CC2)cc1. The molecule has 1 aromatic rings. The Balaban J connectivity index is 1.62. The zero-order valence-electron chi connectivity index (χ0n) is 15.5. The first-order valence-electron chi connectivity index (χ1n) is 9.40. The minimum absolute atomic E-state index is 0.0551. The predicted molar refractivity (Wildman–Crippen MR) is 101 cm³/mol. The Hall–Kier alpha value is -3.02. The third kappa shape index (κ3) is 4.63. The van der Waals surface area contributed by atoms with Crippen LogP contribution in [0.5, 0.6) is 0 Å². The minimum Gasteiger partial charge on any atom is -0.459 e. The average molecular weight is 382 g/mol. The number of ether oxygens (including phenoxy) is 2. The van der Waals surface area contributed by atoms with Crippen molar-refractivity contribution in [3.05, 3.63) is 59.2 Å². The van der Waals surface area contributed by atoms with Crippen molar-refractivity contribution in [2.24, 2.45) is 0 Å².